The third kappa shape index (κ3) is 6.43. The molecule has 0 amide bonds. The van der Waals surface area contributed by atoms with Crippen molar-refractivity contribution in [1.82, 2.24) is 0 Å². The van der Waals surface area contributed by atoms with Crippen LogP contribution in [0.1, 0.15) is 50.7 Å². The highest BCUT2D eigenvalue weighted by Crippen LogP contribution is 2.19. The van der Waals surface area contributed by atoms with Crippen LogP contribution in [0.25, 0.3) is 0 Å². The minimum Gasteiger partial charge on any atom is -0.550 e. The molecule has 0 aliphatic heterocycles. The van der Waals surface area contributed by atoms with Crippen molar-refractivity contribution in [3.63, 3.8) is 0 Å². The molecule has 0 N–H and O–H groups in total. The Bertz CT molecular complexity index is 462. The van der Waals surface area contributed by atoms with E-state index in [1.54, 1.807) is 6.92 Å². The lowest BCUT2D eigenvalue weighted by molar-refractivity contribution is -0.305. The molecule has 1 aromatic rings. The van der Waals surface area contributed by atoms with E-state index in [1.165, 1.54) is 5.56 Å². The van der Waals surface area contributed by atoms with Gasteiger partial charge in [0, 0.05) is 5.97 Å². The van der Waals surface area contributed by atoms with Crippen LogP contribution in [-0.4, -0.2) is 18.5 Å². The van der Waals surface area contributed by atoms with E-state index in [4.69, 9.17) is 4.74 Å². The standard InChI is InChI=1S/C17H24O4/c1-12(2)11-14-6-8-15(9-7-14)13(3)17(20)21-10-4-5-16(18)19/h6-9,12-13H,4-5,10-11H2,1-3H3,(H,18,19)/p-1. The molecule has 1 atom stereocenters. The maximum Gasteiger partial charge on any atom is 0.313 e. The molecule has 0 saturated carbocycles. The molecule has 0 bridgehead atoms. The molecule has 0 radical (unpaired) electrons. The topological polar surface area (TPSA) is 66.4 Å². The number of benzene rings is 1. The van der Waals surface area contributed by atoms with Crippen molar-refractivity contribution in [1.29, 1.82) is 0 Å². The predicted octanol–water partition coefficient (Wildman–Crippen LogP) is 2.06. The first kappa shape index (κ1) is 17.2. The van der Waals surface area contributed by atoms with Gasteiger partial charge in [0.1, 0.15) is 0 Å². The summed E-state index contributed by atoms with van der Waals surface area (Å²) in [6.45, 7) is 6.24. The van der Waals surface area contributed by atoms with Crippen molar-refractivity contribution >= 4 is 11.9 Å². The van der Waals surface area contributed by atoms with E-state index in [0.29, 0.717) is 5.92 Å². The Balaban J connectivity index is 2.48. The lowest BCUT2D eigenvalue weighted by Gasteiger charge is -2.13. The minimum absolute atomic E-state index is 0.0917. The number of carbonyl (C=O) groups is 2. The predicted molar refractivity (Wildman–Crippen MR) is 78.6 cm³/mol. The van der Waals surface area contributed by atoms with Gasteiger partial charge in [-0.1, -0.05) is 38.1 Å². The summed E-state index contributed by atoms with van der Waals surface area (Å²) in [6, 6.07) is 7.97. The number of hydrogen-bond donors (Lipinski definition) is 0. The van der Waals surface area contributed by atoms with Gasteiger partial charge in [0.15, 0.2) is 0 Å². The normalized spacial score (nSPS) is 12.2. The molecule has 1 aromatic carbocycles. The van der Waals surface area contributed by atoms with Crippen molar-refractivity contribution in [2.45, 2.75) is 46.0 Å². The third-order valence-corrected chi connectivity index (χ3v) is 3.25. The first-order valence-electron chi connectivity index (χ1n) is 7.35. The van der Waals surface area contributed by atoms with Crippen molar-refractivity contribution in [2.75, 3.05) is 6.61 Å². The molecule has 0 aromatic heterocycles. The zero-order chi connectivity index (χ0) is 15.8. The Labute approximate surface area is 126 Å². The van der Waals surface area contributed by atoms with E-state index in [2.05, 4.69) is 13.8 Å². The summed E-state index contributed by atoms with van der Waals surface area (Å²) < 4.78 is 5.07. The highest BCUT2D eigenvalue weighted by molar-refractivity contribution is 5.77. The lowest BCUT2D eigenvalue weighted by atomic mass is 9.97. The van der Waals surface area contributed by atoms with Crippen LogP contribution in [0.3, 0.4) is 0 Å². The first-order valence-corrected chi connectivity index (χ1v) is 7.35. The lowest BCUT2D eigenvalue weighted by Crippen LogP contribution is -2.22. The van der Waals surface area contributed by atoms with Crippen LogP contribution >= 0.6 is 0 Å². The molecule has 1 unspecified atom stereocenters. The second kappa shape index (κ2) is 8.45. The van der Waals surface area contributed by atoms with Crippen LogP contribution < -0.4 is 5.11 Å². The monoisotopic (exact) mass is 291 g/mol. The average molecular weight is 291 g/mol. The molecule has 0 aliphatic rings. The molecule has 1 rings (SSSR count). The third-order valence-electron chi connectivity index (χ3n) is 3.25. The molecule has 0 saturated heterocycles. The van der Waals surface area contributed by atoms with Crippen LogP contribution in [0.4, 0.5) is 0 Å². The summed E-state index contributed by atoms with van der Waals surface area (Å²) in [5.74, 6) is -1.20. The molecule has 4 heteroatoms. The maximum absolute atomic E-state index is 11.9. The summed E-state index contributed by atoms with van der Waals surface area (Å²) in [7, 11) is 0. The zero-order valence-electron chi connectivity index (χ0n) is 12.9. The molecule has 116 valence electrons. The molecular weight excluding hydrogens is 268 g/mol. The SMILES string of the molecule is CC(C)Cc1ccc(C(C)C(=O)OCCCC(=O)[O-])cc1. The number of carboxylic acid groups (broad SMARTS) is 1. The van der Waals surface area contributed by atoms with Crippen molar-refractivity contribution < 1.29 is 19.4 Å². The largest absolute Gasteiger partial charge is 0.550 e. The number of carboxylic acids is 1. The Morgan fingerprint density at radius 3 is 2.29 bits per heavy atom. The van der Waals surface area contributed by atoms with Gasteiger partial charge in [-0.25, -0.2) is 0 Å². The van der Waals surface area contributed by atoms with Crippen LogP contribution in [-0.2, 0) is 20.7 Å². The Kier molecular flexibility index (Phi) is 6.92. The molecule has 0 heterocycles. The quantitative estimate of drug-likeness (QED) is 0.543. The van der Waals surface area contributed by atoms with Crippen LogP contribution in [0.15, 0.2) is 24.3 Å². The van der Waals surface area contributed by atoms with Gasteiger partial charge in [0.2, 0.25) is 0 Å². The summed E-state index contributed by atoms with van der Waals surface area (Å²) in [5.41, 5.74) is 2.16. The molecule has 0 fully saturated rings. The fraction of sp³-hybridized carbons (Fsp3) is 0.529. The fourth-order valence-corrected chi connectivity index (χ4v) is 2.06. The van der Waals surface area contributed by atoms with E-state index in [1.807, 2.05) is 24.3 Å². The summed E-state index contributed by atoms with van der Waals surface area (Å²) in [5, 5.41) is 10.3. The van der Waals surface area contributed by atoms with E-state index < -0.39 is 5.97 Å². The van der Waals surface area contributed by atoms with E-state index in [0.717, 1.165) is 12.0 Å². The van der Waals surface area contributed by atoms with Crippen molar-refractivity contribution in [3.05, 3.63) is 35.4 Å². The van der Waals surface area contributed by atoms with Gasteiger partial charge in [-0.05, 0) is 43.2 Å². The van der Waals surface area contributed by atoms with Gasteiger partial charge in [0.25, 0.3) is 0 Å². The number of esters is 1. The highest BCUT2D eigenvalue weighted by Gasteiger charge is 2.16. The van der Waals surface area contributed by atoms with Crippen LogP contribution in [0, 0.1) is 5.92 Å². The number of carbonyl (C=O) groups excluding carboxylic acids is 2. The summed E-state index contributed by atoms with van der Waals surface area (Å²) >= 11 is 0. The van der Waals surface area contributed by atoms with Gasteiger partial charge in [-0.3, -0.25) is 4.79 Å². The van der Waals surface area contributed by atoms with Crippen molar-refractivity contribution in [3.8, 4) is 0 Å². The van der Waals surface area contributed by atoms with Crippen molar-refractivity contribution in [2.24, 2.45) is 5.92 Å². The molecule has 4 nitrogen and oxygen atoms in total. The van der Waals surface area contributed by atoms with Crippen LogP contribution in [0.2, 0.25) is 0 Å². The highest BCUT2D eigenvalue weighted by atomic mass is 16.5. The molecular formula is C17H23O4-. The minimum atomic E-state index is -1.13. The second-order valence-electron chi connectivity index (χ2n) is 5.70. The number of rotatable bonds is 8. The smallest absolute Gasteiger partial charge is 0.313 e. The zero-order valence-corrected chi connectivity index (χ0v) is 12.9. The Hall–Kier alpha value is -1.84. The second-order valence-corrected chi connectivity index (χ2v) is 5.70. The van der Waals surface area contributed by atoms with Gasteiger partial charge >= 0.3 is 5.97 Å². The first-order chi connectivity index (χ1) is 9.90. The number of aliphatic carboxylic acids is 1. The molecule has 0 spiro atoms. The number of hydrogen-bond acceptors (Lipinski definition) is 4. The van der Waals surface area contributed by atoms with E-state index >= 15 is 0 Å². The van der Waals surface area contributed by atoms with E-state index in [-0.39, 0.29) is 31.3 Å². The molecule has 21 heavy (non-hydrogen) atoms. The van der Waals surface area contributed by atoms with Gasteiger partial charge in [0.05, 0.1) is 12.5 Å². The summed E-state index contributed by atoms with van der Waals surface area (Å²) in [4.78, 5) is 22.1. The number of ether oxygens (including phenoxy) is 1. The molecule has 0 aliphatic carbocycles. The fourth-order valence-electron chi connectivity index (χ4n) is 2.06. The van der Waals surface area contributed by atoms with Gasteiger partial charge < -0.3 is 14.6 Å². The van der Waals surface area contributed by atoms with Crippen LogP contribution in [0.5, 0.6) is 0 Å². The van der Waals surface area contributed by atoms with Gasteiger partial charge in [-0.2, -0.15) is 0 Å². The summed E-state index contributed by atoms with van der Waals surface area (Å²) in [6.07, 6.45) is 1.21. The average Bonchev–Trinajstić information content (AvgIpc) is 2.42. The Morgan fingerprint density at radius 1 is 1.14 bits per heavy atom. The Morgan fingerprint density at radius 2 is 1.76 bits per heavy atom. The van der Waals surface area contributed by atoms with E-state index in [9.17, 15) is 14.7 Å². The maximum atomic E-state index is 11.9. The van der Waals surface area contributed by atoms with Gasteiger partial charge in [-0.15, -0.1) is 0 Å².